The number of alkyl halides is 6. The van der Waals surface area contributed by atoms with Crippen molar-refractivity contribution in [2.24, 2.45) is 0 Å². The van der Waals surface area contributed by atoms with Gasteiger partial charge in [-0.05, 0) is 140 Å². The number of amides is 4. The average molecular weight is 1330 g/mol. The summed E-state index contributed by atoms with van der Waals surface area (Å²) in [7, 11) is -0.802. The molecule has 0 aliphatic heterocycles. The zero-order chi connectivity index (χ0) is 64.4. The number of fused-ring (bicyclic) bond motifs is 2. The van der Waals surface area contributed by atoms with Crippen LogP contribution >= 0.6 is 23.2 Å². The maximum atomic E-state index is 13.2. The van der Waals surface area contributed by atoms with Crippen LogP contribution in [0.3, 0.4) is 0 Å². The Morgan fingerprint density at radius 3 is 1.17 bits per heavy atom. The van der Waals surface area contributed by atoms with Gasteiger partial charge < -0.3 is 69.0 Å². The number of carbonyl (C=O) groups is 2. The van der Waals surface area contributed by atoms with Gasteiger partial charge in [-0.3, -0.25) is 0 Å². The monoisotopic (exact) mass is 1330 g/mol. The molecule has 0 heterocycles. The molecule has 6 N–H and O–H groups in total. The van der Waals surface area contributed by atoms with E-state index in [1.54, 1.807) is 54.2 Å². The van der Waals surface area contributed by atoms with Crippen molar-refractivity contribution in [3.05, 3.63) is 104 Å². The summed E-state index contributed by atoms with van der Waals surface area (Å²) in [5.74, 6) is -0.125. The largest absolute Gasteiger partial charge is 0.573 e. The van der Waals surface area contributed by atoms with E-state index in [0.29, 0.717) is 70.8 Å². The van der Waals surface area contributed by atoms with Crippen LogP contribution < -0.4 is 49.7 Å². The third-order valence-corrected chi connectivity index (χ3v) is 17.2. The number of hydrogen-bond donors (Lipinski definition) is 6. The highest BCUT2D eigenvalue weighted by Gasteiger charge is 2.43. The van der Waals surface area contributed by atoms with Crippen LogP contribution in [0.4, 0.5) is 35.9 Å². The lowest BCUT2D eigenvalue weighted by Crippen LogP contribution is -2.39. The molecule has 88 heavy (non-hydrogen) atoms. The Hall–Kier alpha value is -5.64. The molecule has 0 bridgehead atoms. The van der Waals surface area contributed by atoms with Gasteiger partial charge in [0.05, 0.1) is 74.7 Å². The van der Waals surface area contributed by atoms with Crippen molar-refractivity contribution in [1.29, 1.82) is 0 Å². The predicted molar refractivity (Wildman–Crippen MR) is 313 cm³/mol. The fourth-order valence-corrected chi connectivity index (χ4v) is 12.2. The van der Waals surface area contributed by atoms with Crippen molar-refractivity contribution in [3.63, 3.8) is 0 Å². The number of sulfonamides is 2. The normalized spacial score (nSPS) is 16.8. The van der Waals surface area contributed by atoms with E-state index >= 15 is 0 Å². The molecule has 0 fully saturated rings. The first-order chi connectivity index (χ1) is 41.5. The first-order valence-electron chi connectivity index (χ1n) is 27.9. The van der Waals surface area contributed by atoms with E-state index in [-0.39, 0.29) is 124 Å². The molecule has 0 saturated carbocycles. The number of urea groups is 2. The Bertz CT molecular complexity index is 3000. The lowest BCUT2D eigenvalue weighted by atomic mass is 10.1. The summed E-state index contributed by atoms with van der Waals surface area (Å²) >= 11 is 12.4. The van der Waals surface area contributed by atoms with Gasteiger partial charge in [-0.25, -0.2) is 35.9 Å². The van der Waals surface area contributed by atoms with Crippen LogP contribution in [0, 0.1) is 13.8 Å². The molecule has 0 spiro atoms. The Labute approximate surface area is 517 Å². The van der Waals surface area contributed by atoms with E-state index in [0.717, 1.165) is 12.1 Å². The van der Waals surface area contributed by atoms with Gasteiger partial charge in [-0.1, -0.05) is 23.2 Å². The summed E-state index contributed by atoms with van der Waals surface area (Å²) in [6.07, 6.45) is -9.72. The number of carbonyl (C=O) groups excluding carboxylic acids is 2. The van der Waals surface area contributed by atoms with Gasteiger partial charge in [-0.2, -0.15) is 0 Å². The van der Waals surface area contributed by atoms with Gasteiger partial charge >= 0.3 is 24.8 Å². The molecule has 2 aliphatic carbocycles. The standard InChI is InChI=1S/C56H74Cl2F6N8O14S2/c1-35-27-39(9-11-47(35)83-51-43-29-37(57)31-49(85-55(59,60)61)41(43)33-45(51)71(3)4)87(75,76)69-17-21-81-25-23-79-19-15-67-53(73)65-13-7-8-14-66-54(74)68-16-20-80-24-26-82-22-18-70-88(77,78)40-10-12-48(36(2)28-40)84-52-44-30-38(58)32-50(86-56(62,63)64)42(44)34-46(52)72(5)6/h9-12,27-32,45-46,51-52,69-70H,7-8,13-26,33-34H2,1-6H3,(H2,65,67,73)(H2,66,68,74)/t45-,46-,51-,52-/m0/s1. The number of hydrogen-bond acceptors (Lipinski definition) is 16. The summed E-state index contributed by atoms with van der Waals surface area (Å²) in [5.41, 5.74) is 2.47. The molecule has 0 aromatic heterocycles. The molecule has 0 radical (unpaired) electrons. The predicted octanol–water partition coefficient (Wildman–Crippen LogP) is 7.32. The third-order valence-electron chi connectivity index (χ3n) is 13.8. The van der Waals surface area contributed by atoms with E-state index in [4.69, 9.17) is 51.6 Å². The maximum Gasteiger partial charge on any atom is 0.573 e. The van der Waals surface area contributed by atoms with Crippen molar-refractivity contribution in [2.75, 3.05) is 120 Å². The number of nitrogens with zero attached hydrogens (tertiary/aromatic N) is 2. The number of rotatable bonds is 35. The minimum atomic E-state index is -4.92. The SMILES string of the molecule is Cc1cc(S(=O)(=O)NCCOCCOCCNC(=O)NCCCCNC(=O)NCCOCCOCCNS(=O)(=O)c2ccc(O[C@H]3c4cc(Cl)cc(OC(F)(F)F)c4C[C@@H]3N(C)C)c(C)c2)ccc1O[C@H]1c2cc(Cl)cc(OC(F)(F)F)c2C[C@@H]1N(C)C. The summed E-state index contributed by atoms with van der Waals surface area (Å²) < 4.78 is 180. The van der Waals surface area contributed by atoms with E-state index in [9.17, 15) is 52.8 Å². The van der Waals surface area contributed by atoms with Crippen LogP contribution in [0.25, 0.3) is 0 Å². The molecule has 0 unspecified atom stereocenters. The highest BCUT2D eigenvalue weighted by Crippen LogP contribution is 2.47. The second-order valence-electron chi connectivity index (χ2n) is 20.8. The molecule has 32 heteroatoms. The van der Waals surface area contributed by atoms with Crippen molar-refractivity contribution in [1.82, 2.24) is 40.5 Å². The number of aryl methyl sites for hydroxylation is 2. The second-order valence-corrected chi connectivity index (χ2v) is 25.2. The van der Waals surface area contributed by atoms with Crippen LogP contribution in [0.15, 0.2) is 70.5 Å². The van der Waals surface area contributed by atoms with Crippen LogP contribution in [0.2, 0.25) is 10.0 Å². The molecule has 22 nitrogen and oxygen atoms in total. The molecule has 4 amide bonds. The van der Waals surface area contributed by atoms with E-state index in [1.807, 2.05) is 9.80 Å². The summed E-state index contributed by atoms with van der Waals surface area (Å²) in [5, 5.41) is 10.9. The lowest BCUT2D eigenvalue weighted by molar-refractivity contribution is -0.275. The number of nitrogens with one attached hydrogen (secondary N) is 6. The Kier molecular flexibility index (Phi) is 26.7. The van der Waals surface area contributed by atoms with E-state index < -0.39 is 68.5 Å². The highest BCUT2D eigenvalue weighted by atomic mass is 35.5. The number of likely N-dealkylation sites (N-methyl/N-ethyl adjacent to an activating group) is 2. The molecule has 4 aromatic carbocycles. The fraction of sp³-hybridized carbons (Fsp3) is 0.536. The molecule has 6 rings (SSSR count). The third kappa shape index (κ3) is 22.1. The minimum absolute atomic E-state index is 0.0249. The van der Waals surface area contributed by atoms with Crippen molar-refractivity contribution < 1.29 is 90.7 Å². The molecular formula is C56H74Cl2F6N8O14S2. The molecular weight excluding hydrogens is 1260 g/mol. The van der Waals surface area contributed by atoms with Gasteiger partial charge in [0, 0.05) is 71.6 Å². The lowest BCUT2D eigenvalue weighted by Gasteiger charge is -2.28. The molecule has 4 atom stereocenters. The van der Waals surface area contributed by atoms with E-state index in [2.05, 4.69) is 40.2 Å². The fourth-order valence-electron chi connectivity index (χ4n) is 9.55. The zero-order valence-electron chi connectivity index (χ0n) is 49.3. The smallest absolute Gasteiger partial charge is 0.484 e. The van der Waals surface area contributed by atoms with Crippen molar-refractivity contribution in [2.45, 2.75) is 86.3 Å². The average Bonchev–Trinajstić information content (AvgIpc) is 1.82. The van der Waals surface area contributed by atoms with Crippen LogP contribution in [-0.2, 0) is 51.8 Å². The van der Waals surface area contributed by atoms with Crippen LogP contribution in [-0.4, -0.2) is 184 Å². The van der Waals surface area contributed by atoms with Gasteiger partial charge in [0.2, 0.25) is 20.0 Å². The van der Waals surface area contributed by atoms with Gasteiger partial charge in [0.15, 0.2) is 0 Å². The summed E-state index contributed by atoms with van der Waals surface area (Å²) in [6, 6.07) is 12.4. The first-order valence-corrected chi connectivity index (χ1v) is 31.6. The number of unbranched alkanes of at least 4 members (excludes halogenated alkanes) is 1. The van der Waals surface area contributed by atoms with Crippen LogP contribution in [0.1, 0.15) is 58.4 Å². The summed E-state index contributed by atoms with van der Waals surface area (Å²) in [4.78, 5) is 27.9. The molecule has 2 aliphatic rings. The highest BCUT2D eigenvalue weighted by molar-refractivity contribution is 7.89. The topological polar surface area (TPSA) is 255 Å². The number of halogens is 8. The van der Waals surface area contributed by atoms with E-state index in [1.165, 1.54) is 36.4 Å². The Morgan fingerprint density at radius 1 is 0.500 bits per heavy atom. The molecule has 490 valence electrons. The van der Waals surface area contributed by atoms with Gasteiger partial charge in [0.25, 0.3) is 0 Å². The second kappa shape index (κ2) is 32.9. The van der Waals surface area contributed by atoms with Gasteiger partial charge in [0.1, 0.15) is 35.2 Å². The Morgan fingerprint density at radius 2 is 0.841 bits per heavy atom. The van der Waals surface area contributed by atoms with Gasteiger partial charge in [-0.15, -0.1) is 26.3 Å². The van der Waals surface area contributed by atoms with Crippen LogP contribution in [0.5, 0.6) is 23.0 Å². The minimum Gasteiger partial charge on any atom is -0.484 e. The summed E-state index contributed by atoms with van der Waals surface area (Å²) in [6.45, 7) is 5.66. The molecule has 0 saturated heterocycles. The Balaban J connectivity index is 0.730. The number of benzene rings is 4. The maximum absolute atomic E-state index is 13.2. The quantitative estimate of drug-likeness (QED) is 0.0195. The number of ether oxygens (including phenoxy) is 8. The molecule has 4 aromatic rings. The zero-order valence-corrected chi connectivity index (χ0v) is 52.4. The van der Waals surface area contributed by atoms with Crippen molar-refractivity contribution in [3.8, 4) is 23.0 Å². The first kappa shape index (κ1) is 71.4. The van der Waals surface area contributed by atoms with Crippen molar-refractivity contribution >= 4 is 55.3 Å².